The Bertz CT molecular complexity index is 4030. The lowest BCUT2D eigenvalue weighted by atomic mass is 9.74. The summed E-state index contributed by atoms with van der Waals surface area (Å²) in [7, 11) is 0. The topological polar surface area (TPSA) is 0 Å². The fraction of sp³-hybridized carbons (Fsp3) is 0.824. The summed E-state index contributed by atoms with van der Waals surface area (Å²) in [4.78, 5) is 0. The molecule has 12 atom stereocenters. The Hall–Kier alpha value is -3.12. The van der Waals surface area contributed by atoms with E-state index in [-0.39, 0.29) is 0 Å². The summed E-state index contributed by atoms with van der Waals surface area (Å²) in [5.74, 6) is 11.2. The van der Waals surface area contributed by atoms with Gasteiger partial charge in [-0.15, -0.1) is 0 Å². The van der Waals surface area contributed by atoms with Crippen molar-refractivity contribution in [3.63, 3.8) is 0 Å². The van der Waals surface area contributed by atoms with Crippen molar-refractivity contribution in [2.45, 2.75) is 589 Å². The van der Waals surface area contributed by atoms with Gasteiger partial charge in [0.25, 0.3) is 0 Å². The van der Waals surface area contributed by atoms with E-state index in [4.69, 9.17) is 0 Å². The van der Waals surface area contributed by atoms with Gasteiger partial charge in [0.15, 0.2) is 0 Å². The Morgan fingerprint density at radius 2 is 0.221 bits per heavy atom. The smallest absolute Gasteiger partial charge is 0.00860 e. The molecule has 0 aliphatic heterocycles. The van der Waals surface area contributed by atoms with Gasteiger partial charge < -0.3 is 0 Å². The molecular formula is C136H236. The second-order valence-corrected chi connectivity index (χ2v) is 57.7. The van der Waals surface area contributed by atoms with Gasteiger partial charge in [-0.05, 0) is 357 Å². The van der Waals surface area contributed by atoms with Crippen LogP contribution < -0.4 is 0 Å². The number of rotatable bonds is 0. The summed E-state index contributed by atoms with van der Waals surface area (Å²) in [6.45, 7) is 111. The van der Waals surface area contributed by atoms with Crippen molar-refractivity contribution in [2.24, 2.45) is 136 Å². The molecule has 18 aliphatic carbocycles. The summed E-state index contributed by atoms with van der Waals surface area (Å²) in [5.41, 5.74) is 47.4. The van der Waals surface area contributed by atoms with Crippen LogP contribution in [0.4, 0.5) is 0 Å². The van der Waals surface area contributed by atoms with E-state index in [9.17, 15) is 0 Å². The lowest BCUT2D eigenvalue weighted by Crippen LogP contribution is -2.19. The normalized spacial score (nSPS) is 28.2. The molecule has 0 amide bonds. The van der Waals surface area contributed by atoms with E-state index < -0.39 is 0 Å². The van der Waals surface area contributed by atoms with Crippen molar-refractivity contribution >= 4 is 0 Å². The van der Waals surface area contributed by atoms with Crippen LogP contribution in [0.25, 0.3) is 0 Å². The third kappa shape index (κ3) is 27.6. The maximum absolute atomic E-state index is 2.44. The predicted molar refractivity (Wildman–Crippen MR) is 612 cm³/mol. The highest BCUT2D eigenvalue weighted by atomic mass is 14.6. The number of allylic oxidation sites excluding steroid dienone is 24. The van der Waals surface area contributed by atoms with Crippen molar-refractivity contribution in [3.8, 4) is 0 Å². The third-order valence-corrected chi connectivity index (χ3v) is 36.5. The molecule has 12 saturated carbocycles. The van der Waals surface area contributed by atoms with Crippen LogP contribution in [0.2, 0.25) is 0 Å². The van der Waals surface area contributed by atoms with Gasteiger partial charge in [0, 0.05) is 0 Å². The van der Waals surface area contributed by atoms with Crippen molar-refractivity contribution in [3.05, 3.63) is 134 Å². The summed E-state index contributed by atoms with van der Waals surface area (Å²) in [6.07, 6.45) is 57.0. The number of hydrogen-bond donors (Lipinski definition) is 0. The van der Waals surface area contributed by atoms with E-state index in [1.165, 1.54) is 257 Å². The molecule has 0 spiro atoms. The van der Waals surface area contributed by atoms with Gasteiger partial charge in [0.1, 0.15) is 0 Å². The number of hydrogen-bond acceptors (Lipinski definition) is 0. The quantitative estimate of drug-likeness (QED) is 0.227. The second-order valence-electron chi connectivity index (χ2n) is 57.7. The van der Waals surface area contributed by atoms with Gasteiger partial charge in [0.2, 0.25) is 0 Å². The Balaban J connectivity index is 0.000000217. The standard InChI is InChI=1S/C22H36.2C21H34.3C20H32.6C2H6/c1-21(2,3)18-14-19(22(4,5)6)20-16-12-10-8-7-9-11-15(16)13-17(18)20;2*1-20(2,3)17-13-18(21(4,5)6)19-15-11-9-7-8-10-14(15)12-16(17)19;3*1-19(2,3)16-12-17(20(4,5)6)18-14-10-8-7-9-13(14)11-15(16)18;6*1-2/h15-16H,7-14H2,1-6H3;2*14-15H,7-13H2,1-6H3;3*13-14H,7-12H2,1-6H3;6*1-2H3. The first-order valence-electron chi connectivity index (χ1n) is 59.9. The lowest BCUT2D eigenvalue weighted by Gasteiger charge is -2.31. The minimum Gasteiger partial charge on any atom is -0.0683 e. The molecule has 0 aromatic rings. The van der Waals surface area contributed by atoms with Crippen molar-refractivity contribution in [1.29, 1.82) is 0 Å². The molecule has 0 bridgehead atoms. The Morgan fingerprint density at radius 1 is 0.125 bits per heavy atom. The number of fused-ring (bicyclic) bond motifs is 18. The molecule has 18 aliphatic rings. The summed E-state index contributed by atoms with van der Waals surface area (Å²) in [6, 6.07) is 0. The molecule has 18 rings (SSSR count). The second kappa shape index (κ2) is 48.0. The summed E-state index contributed by atoms with van der Waals surface area (Å²) in [5, 5.41) is 0. The van der Waals surface area contributed by atoms with Gasteiger partial charge in [0.05, 0.1) is 0 Å². The molecule has 0 N–H and O–H groups in total. The van der Waals surface area contributed by atoms with Crippen molar-refractivity contribution < 1.29 is 0 Å². The van der Waals surface area contributed by atoms with Crippen LogP contribution in [0.1, 0.15) is 589 Å². The molecular weight excluding hydrogens is 1630 g/mol. The van der Waals surface area contributed by atoms with Crippen LogP contribution in [-0.2, 0) is 0 Å². The SMILES string of the molecule is CC.CC.CC.CC.CC.CC.CC(C)(C)C1=C2CC3CCCCC3C2=C(C(C)(C)C)C1.CC(C)(C)C1=C2CC3CCCCC3C2=C(C(C)(C)C)C1.CC(C)(C)C1=C2CC3CCCCC3C2=C(C(C)(C)C)C1.CC(C)(C)C1=C2CC3CCCCCC3C2=C(C(C)(C)C)C1.CC(C)(C)C1=C2CC3CCCCCC3C2=C(C(C)(C)C)C1.CC(C)(C)C1=C2CC3CCCCCCC3C2=C(C(C)(C)C)C1. The van der Waals surface area contributed by atoms with Gasteiger partial charge in [-0.25, -0.2) is 0 Å². The van der Waals surface area contributed by atoms with Gasteiger partial charge in [-0.2, -0.15) is 0 Å². The summed E-state index contributed by atoms with van der Waals surface area (Å²) < 4.78 is 0. The Kier molecular flexibility index (Phi) is 42.3. The van der Waals surface area contributed by atoms with Crippen LogP contribution in [-0.4, -0.2) is 0 Å². The highest BCUT2D eigenvalue weighted by Crippen LogP contribution is 2.67. The fourth-order valence-corrected chi connectivity index (χ4v) is 30.0. The largest absolute Gasteiger partial charge is 0.0683 e. The lowest BCUT2D eigenvalue weighted by molar-refractivity contribution is 0.298. The monoisotopic (exact) mass is 1870 g/mol. The van der Waals surface area contributed by atoms with E-state index >= 15 is 0 Å². The zero-order chi connectivity index (χ0) is 103. The Morgan fingerprint density at radius 3 is 0.338 bits per heavy atom. The van der Waals surface area contributed by atoms with Crippen LogP contribution >= 0.6 is 0 Å². The van der Waals surface area contributed by atoms with E-state index in [1.807, 2.05) is 133 Å². The highest BCUT2D eigenvalue weighted by molar-refractivity contribution is 5.61. The minimum atomic E-state index is 0.338. The molecule has 0 saturated heterocycles. The molecule has 0 radical (unpaired) electrons. The average Bonchev–Trinajstić information content (AvgIpc) is 1.58. The molecule has 780 valence electrons. The maximum atomic E-state index is 2.44. The molecule has 0 heteroatoms. The molecule has 12 unspecified atom stereocenters. The van der Waals surface area contributed by atoms with Crippen molar-refractivity contribution in [2.75, 3.05) is 0 Å². The predicted octanol–water partition coefficient (Wildman–Crippen LogP) is 45.4. The van der Waals surface area contributed by atoms with E-state index in [0.29, 0.717) is 65.0 Å². The molecule has 12 fully saturated rings. The zero-order valence-corrected chi connectivity index (χ0v) is 101. The van der Waals surface area contributed by atoms with Crippen molar-refractivity contribution in [1.82, 2.24) is 0 Å². The first-order valence-corrected chi connectivity index (χ1v) is 59.9. The van der Waals surface area contributed by atoms with Crippen LogP contribution in [0.15, 0.2) is 134 Å². The molecule has 136 heavy (non-hydrogen) atoms. The van der Waals surface area contributed by atoms with E-state index in [1.54, 1.807) is 83.6 Å². The van der Waals surface area contributed by atoms with Crippen LogP contribution in [0.5, 0.6) is 0 Å². The van der Waals surface area contributed by atoms with E-state index in [2.05, 4.69) is 249 Å². The first kappa shape index (κ1) is 120. The zero-order valence-electron chi connectivity index (χ0n) is 101. The fourth-order valence-electron chi connectivity index (χ4n) is 30.0. The molecule has 0 aromatic heterocycles. The molecule has 0 heterocycles. The molecule has 0 nitrogen and oxygen atoms in total. The highest BCUT2D eigenvalue weighted by Gasteiger charge is 2.53. The average molecular weight is 1870 g/mol. The third-order valence-electron chi connectivity index (χ3n) is 36.5. The maximum Gasteiger partial charge on any atom is -0.00860 e. The minimum absolute atomic E-state index is 0.338. The van der Waals surface area contributed by atoms with Gasteiger partial charge in [-0.3, -0.25) is 0 Å². The van der Waals surface area contributed by atoms with E-state index in [0.717, 1.165) is 71.0 Å². The van der Waals surface area contributed by atoms with Gasteiger partial charge >= 0.3 is 0 Å². The first-order chi connectivity index (χ1) is 63.2. The van der Waals surface area contributed by atoms with Crippen LogP contribution in [0.3, 0.4) is 0 Å². The summed E-state index contributed by atoms with van der Waals surface area (Å²) >= 11 is 0. The van der Waals surface area contributed by atoms with Gasteiger partial charge in [-0.1, -0.05) is 502 Å². The van der Waals surface area contributed by atoms with Crippen LogP contribution in [0, 0.1) is 136 Å². The molecule has 0 aromatic carbocycles. The Labute approximate surface area is 853 Å².